The predicted octanol–water partition coefficient (Wildman–Crippen LogP) is 3.19. The van der Waals surface area contributed by atoms with Gasteiger partial charge in [0.1, 0.15) is 17.3 Å². The molecule has 2 aromatic carbocycles. The molecule has 106 valence electrons. The number of hydrogen-bond acceptors (Lipinski definition) is 3. The molecule has 4 heteroatoms. The van der Waals surface area contributed by atoms with Crippen molar-refractivity contribution in [3.63, 3.8) is 0 Å². The van der Waals surface area contributed by atoms with E-state index in [1.807, 2.05) is 43.3 Å². The topological polar surface area (TPSA) is 38.5 Å². The van der Waals surface area contributed by atoms with Crippen LogP contribution in [0, 0.1) is 5.82 Å². The van der Waals surface area contributed by atoms with E-state index >= 15 is 0 Å². The van der Waals surface area contributed by atoms with Gasteiger partial charge in [-0.15, -0.1) is 0 Å². The Morgan fingerprint density at radius 3 is 2.65 bits per heavy atom. The minimum Gasteiger partial charge on any atom is -0.457 e. The predicted molar refractivity (Wildman–Crippen MR) is 80.0 cm³/mol. The number of hydrogen-bond donors (Lipinski definition) is 1. The van der Waals surface area contributed by atoms with Gasteiger partial charge in [-0.25, -0.2) is 4.39 Å². The summed E-state index contributed by atoms with van der Waals surface area (Å²) < 4.78 is 19.1. The molecule has 0 aliphatic rings. The van der Waals surface area contributed by atoms with Gasteiger partial charge in [-0.2, -0.15) is 0 Å². The first kappa shape index (κ1) is 14.3. The number of rotatable bonds is 5. The van der Waals surface area contributed by atoms with Gasteiger partial charge < -0.3 is 15.4 Å². The lowest BCUT2D eigenvalue weighted by Gasteiger charge is -2.15. The van der Waals surface area contributed by atoms with E-state index in [0.29, 0.717) is 18.7 Å². The molecule has 0 heterocycles. The molecule has 0 atom stereocenters. The first-order chi connectivity index (χ1) is 9.60. The Hall–Kier alpha value is -2.07. The Morgan fingerprint density at radius 2 is 1.95 bits per heavy atom. The Labute approximate surface area is 118 Å². The molecular weight excluding hydrogens is 255 g/mol. The molecule has 0 amide bonds. The van der Waals surface area contributed by atoms with E-state index in [2.05, 4.69) is 0 Å². The van der Waals surface area contributed by atoms with Crippen LogP contribution in [-0.2, 0) is 6.42 Å². The van der Waals surface area contributed by atoms with Gasteiger partial charge in [0.05, 0.1) is 0 Å². The molecule has 20 heavy (non-hydrogen) atoms. The molecule has 0 fully saturated rings. The highest BCUT2D eigenvalue weighted by atomic mass is 19.1. The molecule has 0 aliphatic carbocycles. The van der Waals surface area contributed by atoms with E-state index in [9.17, 15) is 4.39 Å². The average Bonchev–Trinajstić information content (AvgIpc) is 2.42. The maximum Gasteiger partial charge on any atom is 0.130 e. The van der Waals surface area contributed by atoms with Crippen molar-refractivity contribution in [2.75, 3.05) is 25.5 Å². The summed E-state index contributed by atoms with van der Waals surface area (Å²) in [5.41, 5.74) is 7.38. The van der Waals surface area contributed by atoms with Crippen LogP contribution in [0.3, 0.4) is 0 Å². The standard InChI is InChI=1S/C16H19FN2O/c1-19(2)14-4-3-5-15(11-14)20-16-7-6-13(17)10-12(16)8-9-18/h3-7,10-11H,8-9,18H2,1-2H3. The maximum absolute atomic E-state index is 13.3. The van der Waals surface area contributed by atoms with Crippen molar-refractivity contribution in [2.24, 2.45) is 5.73 Å². The fraction of sp³-hybridized carbons (Fsp3) is 0.250. The Morgan fingerprint density at radius 1 is 1.15 bits per heavy atom. The van der Waals surface area contributed by atoms with Crippen molar-refractivity contribution in [3.05, 3.63) is 53.8 Å². The van der Waals surface area contributed by atoms with Gasteiger partial charge in [0.25, 0.3) is 0 Å². The molecule has 0 unspecified atom stereocenters. The van der Waals surface area contributed by atoms with Crippen molar-refractivity contribution in [3.8, 4) is 11.5 Å². The van der Waals surface area contributed by atoms with E-state index in [1.165, 1.54) is 12.1 Å². The first-order valence-corrected chi connectivity index (χ1v) is 6.54. The summed E-state index contributed by atoms with van der Waals surface area (Å²) in [5.74, 6) is 1.09. The van der Waals surface area contributed by atoms with Crippen LogP contribution in [0.5, 0.6) is 11.5 Å². The van der Waals surface area contributed by atoms with Crippen molar-refractivity contribution in [1.29, 1.82) is 0 Å². The molecule has 0 saturated carbocycles. The zero-order valence-electron chi connectivity index (χ0n) is 11.8. The molecule has 2 aromatic rings. The molecule has 3 nitrogen and oxygen atoms in total. The third-order valence-corrected chi connectivity index (χ3v) is 3.00. The quantitative estimate of drug-likeness (QED) is 0.910. The van der Waals surface area contributed by atoms with Gasteiger partial charge in [-0.05, 0) is 48.9 Å². The smallest absolute Gasteiger partial charge is 0.130 e. The van der Waals surface area contributed by atoms with E-state index in [0.717, 1.165) is 17.0 Å². The monoisotopic (exact) mass is 274 g/mol. The van der Waals surface area contributed by atoms with Crippen LogP contribution in [0.1, 0.15) is 5.56 Å². The minimum atomic E-state index is -0.275. The zero-order valence-corrected chi connectivity index (χ0v) is 11.8. The summed E-state index contributed by atoms with van der Waals surface area (Å²) in [7, 11) is 3.94. The van der Waals surface area contributed by atoms with Crippen molar-refractivity contribution >= 4 is 5.69 Å². The summed E-state index contributed by atoms with van der Waals surface area (Å²) in [6.45, 7) is 0.456. The van der Waals surface area contributed by atoms with Crippen LogP contribution in [0.25, 0.3) is 0 Å². The SMILES string of the molecule is CN(C)c1cccc(Oc2ccc(F)cc2CCN)c1. The highest BCUT2D eigenvalue weighted by Crippen LogP contribution is 2.28. The number of nitrogens with two attached hydrogens (primary N) is 1. The lowest BCUT2D eigenvalue weighted by Crippen LogP contribution is -2.08. The second kappa shape index (κ2) is 6.39. The highest BCUT2D eigenvalue weighted by Gasteiger charge is 2.07. The molecular formula is C16H19FN2O. The zero-order chi connectivity index (χ0) is 14.5. The second-order valence-corrected chi connectivity index (χ2v) is 4.78. The molecule has 0 bridgehead atoms. The van der Waals surface area contributed by atoms with E-state index < -0.39 is 0 Å². The summed E-state index contributed by atoms with van der Waals surface area (Å²) in [6, 6.07) is 12.2. The van der Waals surface area contributed by atoms with Crippen molar-refractivity contribution in [2.45, 2.75) is 6.42 Å². The molecule has 0 spiro atoms. The normalized spacial score (nSPS) is 10.4. The van der Waals surface area contributed by atoms with Gasteiger partial charge in [-0.3, -0.25) is 0 Å². The Kier molecular flexibility index (Phi) is 4.58. The second-order valence-electron chi connectivity index (χ2n) is 4.78. The van der Waals surface area contributed by atoms with Crippen LogP contribution in [0.4, 0.5) is 10.1 Å². The molecule has 0 saturated heterocycles. The summed E-state index contributed by atoms with van der Waals surface area (Å²) in [5, 5.41) is 0. The number of halogens is 1. The van der Waals surface area contributed by atoms with Crippen molar-refractivity contribution in [1.82, 2.24) is 0 Å². The summed E-state index contributed by atoms with van der Waals surface area (Å²) in [4.78, 5) is 2.00. The van der Waals surface area contributed by atoms with Crippen LogP contribution >= 0.6 is 0 Å². The van der Waals surface area contributed by atoms with E-state index in [4.69, 9.17) is 10.5 Å². The van der Waals surface area contributed by atoms with Crippen LogP contribution in [0.2, 0.25) is 0 Å². The van der Waals surface area contributed by atoms with Crippen molar-refractivity contribution < 1.29 is 9.13 Å². The highest BCUT2D eigenvalue weighted by molar-refractivity contribution is 5.50. The van der Waals surface area contributed by atoms with Gasteiger partial charge in [-0.1, -0.05) is 6.07 Å². The fourth-order valence-corrected chi connectivity index (χ4v) is 1.95. The number of nitrogens with zero attached hydrogens (tertiary/aromatic N) is 1. The van der Waals surface area contributed by atoms with Gasteiger partial charge in [0.2, 0.25) is 0 Å². The van der Waals surface area contributed by atoms with Crippen LogP contribution in [-0.4, -0.2) is 20.6 Å². The van der Waals surface area contributed by atoms with Crippen LogP contribution in [0.15, 0.2) is 42.5 Å². The molecule has 2 rings (SSSR count). The lowest BCUT2D eigenvalue weighted by atomic mass is 10.1. The Balaban J connectivity index is 2.27. The fourth-order valence-electron chi connectivity index (χ4n) is 1.95. The number of benzene rings is 2. The van der Waals surface area contributed by atoms with E-state index in [-0.39, 0.29) is 5.82 Å². The van der Waals surface area contributed by atoms with Crippen LogP contribution < -0.4 is 15.4 Å². The third-order valence-electron chi connectivity index (χ3n) is 3.00. The molecule has 0 radical (unpaired) electrons. The van der Waals surface area contributed by atoms with E-state index in [1.54, 1.807) is 6.07 Å². The molecule has 0 aromatic heterocycles. The largest absolute Gasteiger partial charge is 0.457 e. The number of anilines is 1. The van der Waals surface area contributed by atoms with Gasteiger partial charge in [0, 0.05) is 25.8 Å². The Bertz CT molecular complexity index is 584. The summed E-state index contributed by atoms with van der Waals surface area (Å²) >= 11 is 0. The third kappa shape index (κ3) is 3.48. The lowest BCUT2D eigenvalue weighted by molar-refractivity contribution is 0.473. The first-order valence-electron chi connectivity index (χ1n) is 6.54. The minimum absolute atomic E-state index is 0.275. The van der Waals surface area contributed by atoms with Gasteiger partial charge in [0.15, 0.2) is 0 Å². The molecule has 0 aliphatic heterocycles. The number of ether oxygens (including phenoxy) is 1. The van der Waals surface area contributed by atoms with Gasteiger partial charge >= 0.3 is 0 Å². The average molecular weight is 274 g/mol. The maximum atomic E-state index is 13.3. The molecule has 2 N–H and O–H groups in total. The summed E-state index contributed by atoms with van der Waals surface area (Å²) in [6.07, 6.45) is 0.584.